The first kappa shape index (κ1) is 18.5. The Hall–Kier alpha value is -2.26. The first-order valence-electron chi connectivity index (χ1n) is 8.09. The van der Waals surface area contributed by atoms with E-state index in [9.17, 15) is 17.2 Å². The van der Waals surface area contributed by atoms with E-state index in [4.69, 9.17) is 0 Å². The van der Waals surface area contributed by atoms with E-state index in [1.54, 1.807) is 30.3 Å². The summed E-state index contributed by atoms with van der Waals surface area (Å²) in [5, 5.41) is 0. The highest BCUT2D eigenvalue weighted by Gasteiger charge is 2.28. The molecule has 0 bridgehead atoms. The maximum absolute atomic E-state index is 12.7. The summed E-state index contributed by atoms with van der Waals surface area (Å²) in [5.41, 5.74) is 0.999. The number of sulfonamides is 1. The number of pyridine rings is 1. The molecule has 0 atom stereocenters. The number of rotatable bonds is 5. The van der Waals surface area contributed by atoms with Crippen molar-refractivity contribution < 1.29 is 21.9 Å². The Morgan fingerprint density at radius 3 is 2.23 bits per heavy atom. The molecule has 1 aliphatic rings. The summed E-state index contributed by atoms with van der Waals surface area (Å²) in [6, 6.07) is 9.78. The van der Waals surface area contributed by atoms with Crippen LogP contribution in [0, 0.1) is 6.92 Å². The standard InChI is InChI=1S/C17H19F2N3O3S/c1-13-2-5-15(6-3-13)26(23,24)22-10-8-21(9-11-22)16-7-4-14(12-20-16)25-17(18)19/h2-7,12,17H,8-11H2,1H3. The summed E-state index contributed by atoms with van der Waals surface area (Å²) in [7, 11) is -3.52. The average molecular weight is 383 g/mol. The zero-order valence-corrected chi connectivity index (χ0v) is 15.0. The van der Waals surface area contributed by atoms with Crippen molar-refractivity contribution >= 4 is 15.8 Å². The fourth-order valence-electron chi connectivity index (χ4n) is 2.75. The maximum Gasteiger partial charge on any atom is 0.387 e. The second-order valence-electron chi connectivity index (χ2n) is 5.93. The molecule has 2 heterocycles. The summed E-state index contributed by atoms with van der Waals surface area (Å²) in [6.07, 6.45) is 1.23. The third-order valence-electron chi connectivity index (χ3n) is 4.17. The summed E-state index contributed by atoms with van der Waals surface area (Å²) < 4.78 is 55.4. The second kappa shape index (κ2) is 7.55. The van der Waals surface area contributed by atoms with E-state index in [2.05, 4.69) is 9.72 Å². The lowest BCUT2D eigenvalue weighted by molar-refractivity contribution is -0.0500. The van der Waals surface area contributed by atoms with Crippen LogP contribution < -0.4 is 9.64 Å². The van der Waals surface area contributed by atoms with Gasteiger partial charge in [-0.25, -0.2) is 13.4 Å². The number of anilines is 1. The molecule has 0 radical (unpaired) electrons. The number of alkyl halides is 2. The number of hydrogen-bond donors (Lipinski definition) is 0. The molecule has 1 fully saturated rings. The van der Waals surface area contributed by atoms with Gasteiger partial charge < -0.3 is 9.64 Å². The molecule has 1 aromatic heterocycles. The SMILES string of the molecule is Cc1ccc(S(=O)(=O)N2CCN(c3ccc(OC(F)F)cn3)CC2)cc1. The van der Waals surface area contributed by atoms with Crippen LogP contribution in [0.1, 0.15) is 5.56 Å². The van der Waals surface area contributed by atoms with Crippen LogP contribution in [0.25, 0.3) is 0 Å². The van der Waals surface area contributed by atoms with E-state index in [1.165, 1.54) is 16.6 Å². The molecule has 1 aromatic carbocycles. The van der Waals surface area contributed by atoms with Crippen LogP contribution in [-0.4, -0.2) is 50.5 Å². The monoisotopic (exact) mass is 383 g/mol. The Morgan fingerprint density at radius 2 is 1.69 bits per heavy atom. The van der Waals surface area contributed by atoms with Gasteiger partial charge in [0.15, 0.2) is 0 Å². The van der Waals surface area contributed by atoms with E-state index in [1.807, 2.05) is 11.8 Å². The molecule has 2 aromatic rings. The van der Waals surface area contributed by atoms with Gasteiger partial charge >= 0.3 is 6.61 Å². The highest BCUT2D eigenvalue weighted by atomic mass is 32.2. The summed E-state index contributed by atoms with van der Waals surface area (Å²) in [6.45, 7) is 0.596. The molecule has 0 unspecified atom stereocenters. The molecular weight excluding hydrogens is 364 g/mol. The van der Waals surface area contributed by atoms with Crippen molar-refractivity contribution in [2.45, 2.75) is 18.4 Å². The zero-order valence-electron chi connectivity index (χ0n) is 14.2. The Labute approximate surface area is 151 Å². The number of nitrogens with zero attached hydrogens (tertiary/aromatic N) is 3. The highest BCUT2D eigenvalue weighted by molar-refractivity contribution is 7.89. The Morgan fingerprint density at radius 1 is 1.04 bits per heavy atom. The van der Waals surface area contributed by atoms with Crippen molar-refractivity contribution in [2.75, 3.05) is 31.1 Å². The Balaban J connectivity index is 1.64. The molecular formula is C17H19F2N3O3S. The van der Waals surface area contributed by atoms with Gasteiger partial charge in [-0.3, -0.25) is 0 Å². The molecule has 26 heavy (non-hydrogen) atoms. The smallest absolute Gasteiger partial charge is 0.387 e. The van der Waals surface area contributed by atoms with Gasteiger partial charge in [-0.1, -0.05) is 17.7 Å². The summed E-state index contributed by atoms with van der Waals surface area (Å²) in [4.78, 5) is 6.30. The third-order valence-corrected chi connectivity index (χ3v) is 6.08. The quantitative estimate of drug-likeness (QED) is 0.794. The molecule has 1 saturated heterocycles. The van der Waals surface area contributed by atoms with Crippen LogP contribution in [0.4, 0.5) is 14.6 Å². The summed E-state index contributed by atoms with van der Waals surface area (Å²) in [5.74, 6) is 0.586. The minimum absolute atomic E-state index is 0.00988. The fourth-order valence-corrected chi connectivity index (χ4v) is 4.17. The number of piperazine rings is 1. The lowest BCUT2D eigenvalue weighted by Crippen LogP contribution is -2.48. The van der Waals surface area contributed by atoms with Gasteiger partial charge in [-0.2, -0.15) is 13.1 Å². The molecule has 0 N–H and O–H groups in total. The van der Waals surface area contributed by atoms with Crippen molar-refractivity contribution in [2.24, 2.45) is 0 Å². The molecule has 3 rings (SSSR count). The fraction of sp³-hybridized carbons (Fsp3) is 0.353. The molecule has 9 heteroatoms. The minimum atomic E-state index is -3.52. The van der Waals surface area contributed by atoms with E-state index < -0.39 is 16.6 Å². The third kappa shape index (κ3) is 4.10. The van der Waals surface area contributed by atoms with Gasteiger partial charge in [0.2, 0.25) is 10.0 Å². The highest BCUT2D eigenvalue weighted by Crippen LogP contribution is 2.22. The van der Waals surface area contributed by atoms with Crippen LogP contribution in [0.3, 0.4) is 0 Å². The number of halogens is 2. The van der Waals surface area contributed by atoms with E-state index in [-0.39, 0.29) is 10.6 Å². The second-order valence-corrected chi connectivity index (χ2v) is 7.87. The largest absolute Gasteiger partial charge is 0.433 e. The van der Waals surface area contributed by atoms with E-state index >= 15 is 0 Å². The number of benzene rings is 1. The molecule has 0 spiro atoms. The first-order chi connectivity index (χ1) is 12.4. The predicted octanol–water partition coefficient (Wildman–Crippen LogP) is 2.50. The lowest BCUT2D eigenvalue weighted by atomic mass is 10.2. The number of aryl methyl sites for hydroxylation is 1. The lowest BCUT2D eigenvalue weighted by Gasteiger charge is -2.34. The van der Waals surface area contributed by atoms with Crippen LogP contribution in [0.15, 0.2) is 47.5 Å². The van der Waals surface area contributed by atoms with Gasteiger partial charge in [0, 0.05) is 26.2 Å². The van der Waals surface area contributed by atoms with Gasteiger partial charge in [-0.05, 0) is 31.2 Å². The van der Waals surface area contributed by atoms with E-state index in [0.29, 0.717) is 32.0 Å². The molecule has 0 aliphatic carbocycles. The van der Waals surface area contributed by atoms with Gasteiger partial charge in [0.25, 0.3) is 0 Å². The summed E-state index contributed by atoms with van der Waals surface area (Å²) >= 11 is 0. The topological polar surface area (TPSA) is 62.7 Å². The van der Waals surface area contributed by atoms with Crippen LogP contribution in [0.2, 0.25) is 0 Å². The molecule has 6 nitrogen and oxygen atoms in total. The normalized spacial score (nSPS) is 16.1. The van der Waals surface area contributed by atoms with Crippen molar-refractivity contribution in [3.05, 3.63) is 48.2 Å². The molecule has 0 amide bonds. The Bertz CT molecular complexity index is 835. The van der Waals surface area contributed by atoms with Crippen molar-refractivity contribution in [3.63, 3.8) is 0 Å². The zero-order chi connectivity index (χ0) is 18.7. The van der Waals surface area contributed by atoms with Gasteiger partial charge in [0.05, 0.1) is 11.1 Å². The average Bonchev–Trinajstić information content (AvgIpc) is 2.62. The first-order valence-corrected chi connectivity index (χ1v) is 9.53. The minimum Gasteiger partial charge on any atom is -0.433 e. The van der Waals surface area contributed by atoms with E-state index in [0.717, 1.165) is 5.56 Å². The van der Waals surface area contributed by atoms with Gasteiger partial charge in [0.1, 0.15) is 11.6 Å². The number of aromatic nitrogens is 1. The van der Waals surface area contributed by atoms with Crippen LogP contribution in [-0.2, 0) is 10.0 Å². The number of hydrogen-bond acceptors (Lipinski definition) is 5. The Kier molecular flexibility index (Phi) is 5.38. The van der Waals surface area contributed by atoms with Gasteiger partial charge in [-0.15, -0.1) is 0 Å². The van der Waals surface area contributed by atoms with Crippen molar-refractivity contribution in [1.82, 2.24) is 9.29 Å². The van der Waals surface area contributed by atoms with Crippen molar-refractivity contribution in [3.8, 4) is 5.75 Å². The van der Waals surface area contributed by atoms with Crippen LogP contribution >= 0.6 is 0 Å². The van der Waals surface area contributed by atoms with Crippen molar-refractivity contribution in [1.29, 1.82) is 0 Å². The number of ether oxygens (including phenoxy) is 1. The van der Waals surface area contributed by atoms with Crippen LogP contribution in [0.5, 0.6) is 5.75 Å². The maximum atomic E-state index is 12.7. The molecule has 140 valence electrons. The molecule has 1 aliphatic heterocycles. The predicted molar refractivity (Wildman–Crippen MR) is 93.0 cm³/mol. The molecule has 0 saturated carbocycles.